The quantitative estimate of drug-likeness (QED) is 0.509. The van der Waals surface area contributed by atoms with Crippen molar-refractivity contribution in [2.75, 3.05) is 0 Å². The molecule has 0 radical (unpaired) electrons. The minimum Gasteiger partial charge on any atom is -0.275 e. The summed E-state index contributed by atoms with van der Waals surface area (Å²) in [6, 6.07) is 1.96. The SMILES string of the molecule is Cn1cc(C=CC(=O)NNC(=O)c2cc3c(s2)CCCCC3)cn1. The lowest BCUT2D eigenvalue weighted by molar-refractivity contribution is -0.117. The summed E-state index contributed by atoms with van der Waals surface area (Å²) < 4.78 is 1.65. The van der Waals surface area contributed by atoms with E-state index < -0.39 is 0 Å². The van der Waals surface area contributed by atoms with Crippen LogP contribution in [0.4, 0.5) is 0 Å². The lowest BCUT2D eigenvalue weighted by Gasteiger charge is -2.03. The van der Waals surface area contributed by atoms with Crippen LogP contribution in [0.15, 0.2) is 24.5 Å². The van der Waals surface area contributed by atoms with Crippen LogP contribution in [0.1, 0.15) is 44.9 Å². The average molecular weight is 344 g/mol. The van der Waals surface area contributed by atoms with E-state index in [1.807, 2.05) is 6.07 Å². The molecule has 0 aromatic carbocycles. The second-order valence-corrected chi connectivity index (χ2v) is 6.98. The summed E-state index contributed by atoms with van der Waals surface area (Å²) in [5.41, 5.74) is 6.97. The van der Waals surface area contributed by atoms with E-state index in [0.29, 0.717) is 4.88 Å². The van der Waals surface area contributed by atoms with Gasteiger partial charge < -0.3 is 0 Å². The standard InChI is InChI=1S/C17H20N4O2S/c1-21-11-12(10-18-21)7-8-16(22)19-20-17(23)15-9-13-5-3-2-4-6-14(13)24-15/h7-11H,2-6H2,1H3,(H,19,22)(H,20,23). The van der Waals surface area contributed by atoms with Crippen LogP contribution in [-0.4, -0.2) is 21.6 Å². The number of hydrogen-bond donors (Lipinski definition) is 2. The van der Waals surface area contributed by atoms with Crippen molar-refractivity contribution in [2.45, 2.75) is 32.1 Å². The van der Waals surface area contributed by atoms with Gasteiger partial charge >= 0.3 is 0 Å². The molecular formula is C17H20N4O2S. The fourth-order valence-corrected chi connectivity index (χ4v) is 3.85. The maximum absolute atomic E-state index is 12.2. The maximum atomic E-state index is 12.2. The zero-order valence-corrected chi connectivity index (χ0v) is 14.4. The normalized spacial score (nSPS) is 14.2. The maximum Gasteiger partial charge on any atom is 0.279 e. The first-order valence-corrected chi connectivity index (χ1v) is 8.82. The number of thiophene rings is 1. The van der Waals surface area contributed by atoms with E-state index in [2.05, 4.69) is 16.0 Å². The number of carbonyl (C=O) groups excluding carboxylic acids is 2. The second-order valence-electron chi connectivity index (χ2n) is 5.84. The molecule has 24 heavy (non-hydrogen) atoms. The van der Waals surface area contributed by atoms with Crippen molar-refractivity contribution in [2.24, 2.45) is 7.05 Å². The van der Waals surface area contributed by atoms with Gasteiger partial charge in [-0.3, -0.25) is 25.1 Å². The lowest BCUT2D eigenvalue weighted by atomic mass is 10.1. The van der Waals surface area contributed by atoms with Crippen molar-refractivity contribution in [1.82, 2.24) is 20.6 Å². The predicted molar refractivity (Wildman–Crippen MR) is 93.4 cm³/mol. The van der Waals surface area contributed by atoms with E-state index in [0.717, 1.165) is 18.4 Å². The molecule has 3 rings (SSSR count). The van der Waals surface area contributed by atoms with Crippen LogP contribution in [0, 0.1) is 0 Å². The summed E-state index contributed by atoms with van der Waals surface area (Å²) in [7, 11) is 1.81. The number of aromatic nitrogens is 2. The van der Waals surface area contributed by atoms with Crippen molar-refractivity contribution in [3.8, 4) is 0 Å². The van der Waals surface area contributed by atoms with Gasteiger partial charge in [0, 0.05) is 29.8 Å². The summed E-state index contributed by atoms with van der Waals surface area (Å²) in [5, 5.41) is 4.01. The van der Waals surface area contributed by atoms with Crippen LogP contribution in [0.25, 0.3) is 6.08 Å². The Morgan fingerprint density at radius 3 is 2.88 bits per heavy atom. The fraction of sp³-hybridized carbons (Fsp3) is 0.353. The van der Waals surface area contributed by atoms with Crippen LogP contribution in [0.3, 0.4) is 0 Å². The summed E-state index contributed by atoms with van der Waals surface area (Å²) in [6.07, 6.45) is 12.2. The van der Waals surface area contributed by atoms with Gasteiger partial charge in [0.15, 0.2) is 0 Å². The molecular weight excluding hydrogens is 324 g/mol. The van der Waals surface area contributed by atoms with Gasteiger partial charge in [0.1, 0.15) is 0 Å². The molecule has 2 N–H and O–H groups in total. The van der Waals surface area contributed by atoms with Crippen LogP contribution >= 0.6 is 11.3 Å². The average Bonchev–Trinajstić information content (AvgIpc) is 3.11. The zero-order chi connectivity index (χ0) is 16.9. The lowest BCUT2D eigenvalue weighted by Crippen LogP contribution is -2.40. The Labute approximate surface area is 144 Å². The molecule has 2 amide bonds. The van der Waals surface area contributed by atoms with E-state index in [1.54, 1.807) is 30.2 Å². The number of rotatable bonds is 3. The summed E-state index contributed by atoms with van der Waals surface area (Å²) in [5.74, 6) is -0.651. The molecule has 7 heteroatoms. The summed E-state index contributed by atoms with van der Waals surface area (Å²) >= 11 is 1.53. The highest BCUT2D eigenvalue weighted by Gasteiger charge is 2.16. The molecule has 1 aliphatic rings. The van der Waals surface area contributed by atoms with Crippen molar-refractivity contribution in [3.63, 3.8) is 0 Å². The van der Waals surface area contributed by atoms with Crippen molar-refractivity contribution >= 4 is 29.2 Å². The third-order valence-corrected chi connectivity index (χ3v) is 5.16. The number of nitrogens with one attached hydrogen (secondary N) is 2. The van der Waals surface area contributed by atoms with E-state index >= 15 is 0 Å². The van der Waals surface area contributed by atoms with Crippen molar-refractivity contribution in [3.05, 3.63) is 45.4 Å². The van der Waals surface area contributed by atoms with Crippen LogP contribution in [0.2, 0.25) is 0 Å². The number of hydrogen-bond acceptors (Lipinski definition) is 4. The van der Waals surface area contributed by atoms with Crippen molar-refractivity contribution < 1.29 is 9.59 Å². The smallest absolute Gasteiger partial charge is 0.275 e. The molecule has 0 spiro atoms. The molecule has 0 bridgehead atoms. The molecule has 2 heterocycles. The number of carbonyl (C=O) groups is 2. The minimum absolute atomic E-state index is 0.267. The highest BCUT2D eigenvalue weighted by Crippen LogP contribution is 2.28. The Bertz CT molecular complexity index is 752. The molecule has 1 aliphatic carbocycles. The molecule has 2 aromatic heterocycles. The first-order chi connectivity index (χ1) is 11.6. The largest absolute Gasteiger partial charge is 0.279 e. The molecule has 0 unspecified atom stereocenters. The molecule has 0 atom stereocenters. The number of amides is 2. The molecule has 126 valence electrons. The van der Waals surface area contributed by atoms with Gasteiger partial charge in [0.25, 0.3) is 11.8 Å². The van der Waals surface area contributed by atoms with E-state index in [9.17, 15) is 9.59 Å². The first-order valence-electron chi connectivity index (χ1n) is 8.00. The summed E-state index contributed by atoms with van der Waals surface area (Å²) in [6.45, 7) is 0. The number of fused-ring (bicyclic) bond motifs is 1. The van der Waals surface area contributed by atoms with Crippen LogP contribution < -0.4 is 10.9 Å². The Balaban J connectivity index is 1.53. The third-order valence-electron chi connectivity index (χ3n) is 3.92. The third kappa shape index (κ3) is 4.11. The zero-order valence-electron chi connectivity index (χ0n) is 13.5. The molecule has 0 aliphatic heterocycles. The van der Waals surface area contributed by atoms with Gasteiger partial charge in [-0.25, -0.2) is 0 Å². The van der Waals surface area contributed by atoms with Crippen molar-refractivity contribution in [1.29, 1.82) is 0 Å². The van der Waals surface area contributed by atoms with Gasteiger partial charge in [-0.1, -0.05) is 6.42 Å². The Morgan fingerprint density at radius 1 is 1.25 bits per heavy atom. The number of nitrogens with zero attached hydrogens (tertiary/aromatic N) is 2. The van der Waals surface area contributed by atoms with E-state index in [1.165, 1.54) is 47.1 Å². The van der Waals surface area contributed by atoms with Crippen LogP contribution in [-0.2, 0) is 24.7 Å². The molecule has 0 saturated carbocycles. The van der Waals surface area contributed by atoms with Gasteiger partial charge in [0.2, 0.25) is 0 Å². The van der Waals surface area contributed by atoms with Gasteiger partial charge in [-0.2, -0.15) is 5.10 Å². The molecule has 0 saturated heterocycles. The van der Waals surface area contributed by atoms with Gasteiger partial charge in [-0.15, -0.1) is 11.3 Å². The van der Waals surface area contributed by atoms with E-state index in [4.69, 9.17) is 0 Å². The highest BCUT2D eigenvalue weighted by atomic mass is 32.1. The van der Waals surface area contributed by atoms with Gasteiger partial charge in [0.05, 0.1) is 11.1 Å². The monoisotopic (exact) mass is 344 g/mol. The highest BCUT2D eigenvalue weighted by molar-refractivity contribution is 7.14. The van der Waals surface area contributed by atoms with Crippen LogP contribution in [0.5, 0.6) is 0 Å². The Hall–Kier alpha value is -2.41. The minimum atomic E-state index is -0.384. The Kier molecular flexibility index (Phi) is 5.10. The number of hydrazine groups is 1. The molecule has 2 aromatic rings. The van der Waals surface area contributed by atoms with Gasteiger partial charge in [-0.05, 0) is 43.4 Å². The molecule has 6 nitrogen and oxygen atoms in total. The number of aryl methyl sites for hydroxylation is 3. The van der Waals surface area contributed by atoms with E-state index in [-0.39, 0.29) is 11.8 Å². The first kappa shape index (κ1) is 16.4. The fourth-order valence-electron chi connectivity index (χ4n) is 2.70. The molecule has 0 fully saturated rings. The summed E-state index contributed by atoms with van der Waals surface area (Å²) in [4.78, 5) is 25.9. The predicted octanol–water partition coefficient (Wildman–Crippen LogP) is 2.22. The topological polar surface area (TPSA) is 76.0 Å². The second kappa shape index (κ2) is 7.44. The Morgan fingerprint density at radius 2 is 2.08 bits per heavy atom.